The molecule has 1 aromatic heterocycles. The molecule has 1 heterocycles. The van der Waals surface area contributed by atoms with E-state index in [1.165, 1.54) is 0 Å². The van der Waals surface area contributed by atoms with Gasteiger partial charge in [-0.15, -0.1) is 0 Å². The van der Waals surface area contributed by atoms with Crippen LogP contribution in [-0.4, -0.2) is 22.0 Å². The molecule has 148 valence electrons. The van der Waals surface area contributed by atoms with Crippen LogP contribution in [0.4, 0.5) is 0 Å². The topological polar surface area (TPSA) is 64.1 Å². The molecule has 3 rings (SSSR count). The van der Waals surface area contributed by atoms with Gasteiger partial charge < -0.3 is 14.9 Å². The first-order valence-electron chi connectivity index (χ1n) is 8.20. The Bertz CT molecular complexity index is 1030. The molecule has 28 heavy (non-hydrogen) atoms. The molecule has 0 saturated heterocycles. The summed E-state index contributed by atoms with van der Waals surface area (Å²) in [6.07, 6.45) is 0. The molecule has 0 amide bonds. The van der Waals surface area contributed by atoms with Gasteiger partial charge in [-0.1, -0.05) is 40.9 Å². The van der Waals surface area contributed by atoms with E-state index in [2.05, 4.69) is 15.6 Å². The molecule has 0 radical (unpaired) electrons. The second kappa shape index (κ2) is 9.05. The van der Waals surface area contributed by atoms with Gasteiger partial charge in [0.2, 0.25) is 4.77 Å². The molecule has 2 aromatic carbocycles. The average molecular weight is 460 g/mol. The summed E-state index contributed by atoms with van der Waals surface area (Å²) >= 11 is 24.0. The van der Waals surface area contributed by atoms with E-state index in [1.807, 2.05) is 13.0 Å². The Hall–Kier alpha value is -1.93. The van der Waals surface area contributed by atoms with E-state index >= 15 is 0 Å². The zero-order valence-corrected chi connectivity index (χ0v) is 18.1. The van der Waals surface area contributed by atoms with Gasteiger partial charge in [-0.3, -0.25) is 5.10 Å². The summed E-state index contributed by atoms with van der Waals surface area (Å²) in [5.74, 6) is 1.64. The third kappa shape index (κ3) is 4.55. The number of benzene rings is 2. The van der Waals surface area contributed by atoms with Gasteiger partial charge in [-0.2, -0.15) is 5.10 Å². The first-order valence-corrected chi connectivity index (χ1v) is 9.75. The second-order valence-corrected chi connectivity index (χ2v) is 7.45. The molecular formula is C18H17Cl3N4O2S. The van der Waals surface area contributed by atoms with Crippen LogP contribution in [0, 0.1) is 11.7 Å². The number of ether oxygens (including phenoxy) is 2. The van der Waals surface area contributed by atoms with Crippen LogP contribution in [0.3, 0.4) is 0 Å². The van der Waals surface area contributed by atoms with E-state index in [1.54, 1.807) is 36.1 Å². The number of hydrogen-bond donors (Lipinski definition) is 2. The van der Waals surface area contributed by atoms with Crippen LogP contribution in [-0.2, 0) is 13.2 Å². The Morgan fingerprint density at radius 3 is 2.50 bits per heavy atom. The van der Waals surface area contributed by atoms with Crippen molar-refractivity contribution in [3.05, 3.63) is 67.1 Å². The average Bonchev–Trinajstić information content (AvgIpc) is 2.98. The molecule has 0 saturated carbocycles. The Labute approximate surface area is 182 Å². The lowest BCUT2D eigenvalue weighted by Gasteiger charge is -2.16. The van der Waals surface area contributed by atoms with E-state index in [9.17, 15) is 0 Å². The van der Waals surface area contributed by atoms with Crippen molar-refractivity contribution in [3.8, 4) is 11.5 Å². The molecular weight excluding hydrogens is 443 g/mol. The molecule has 0 fully saturated rings. The van der Waals surface area contributed by atoms with Gasteiger partial charge in [-0.25, -0.2) is 4.68 Å². The van der Waals surface area contributed by atoms with Crippen LogP contribution in [0.25, 0.3) is 0 Å². The van der Waals surface area contributed by atoms with Crippen molar-refractivity contribution < 1.29 is 9.47 Å². The molecule has 0 aliphatic heterocycles. The van der Waals surface area contributed by atoms with Gasteiger partial charge in [0, 0.05) is 15.6 Å². The predicted octanol–water partition coefficient (Wildman–Crippen LogP) is 5.54. The summed E-state index contributed by atoms with van der Waals surface area (Å²) in [5, 5.41) is 8.23. The Balaban J connectivity index is 1.79. The third-order valence-corrected chi connectivity index (χ3v) is 5.26. The van der Waals surface area contributed by atoms with Crippen LogP contribution >= 0.6 is 47.0 Å². The highest BCUT2D eigenvalue weighted by molar-refractivity contribution is 7.71. The first-order chi connectivity index (χ1) is 13.4. The zero-order chi connectivity index (χ0) is 20.3. The Morgan fingerprint density at radius 2 is 1.89 bits per heavy atom. The summed E-state index contributed by atoms with van der Waals surface area (Å²) in [7, 11) is 1.55. The number of hydrogen-bond acceptors (Lipinski definition) is 5. The monoisotopic (exact) mass is 458 g/mol. The van der Waals surface area contributed by atoms with Crippen molar-refractivity contribution in [1.29, 1.82) is 0 Å². The molecule has 0 unspecified atom stereocenters. The molecule has 3 aromatic rings. The van der Waals surface area contributed by atoms with E-state index in [0.29, 0.717) is 43.4 Å². The quantitative estimate of drug-likeness (QED) is 0.454. The summed E-state index contributed by atoms with van der Waals surface area (Å²) in [5.41, 5.74) is 4.74. The standard InChI is InChI=1S/C18H17Cl3N4O2S/c1-10-23-24-18(28)25(10)22-8-11-6-15(21)17(16(7-11)26-2)27-9-12-13(19)4-3-5-14(12)20/h3-7,22H,8-9H2,1-2H3,(H,24,28). The molecule has 6 nitrogen and oxygen atoms in total. The molecule has 10 heteroatoms. The van der Waals surface area contributed by atoms with E-state index < -0.39 is 0 Å². The van der Waals surface area contributed by atoms with Gasteiger partial charge in [0.05, 0.1) is 18.7 Å². The minimum Gasteiger partial charge on any atom is -0.493 e. The van der Waals surface area contributed by atoms with Crippen LogP contribution in [0.15, 0.2) is 30.3 Å². The van der Waals surface area contributed by atoms with Gasteiger partial charge in [-0.05, 0) is 49.0 Å². The maximum atomic E-state index is 6.44. The summed E-state index contributed by atoms with van der Waals surface area (Å²) in [6.45, 7) is 2.46. The molecule has 0 bridgehead atoms. The SMILES string of the molecule is COc1cc(CNn2c(C)n[nH]c2=S)cc(Cl)c1OCc1c(Cl)cccc1Cl. The fourth-order valence-corrected chi connectivity index (χ4v) is 3.60. The van der Waals surface area contributed by atoms with Crippen molar-refractivity contribution in [2.24, 2.45) is 0 Å². The highest BCUT2D eigenvalue weighted by Gasteiger charge is 2.14. The smallest absolute Gasteiger partial charge is 0.214 e. The number of halogens is 3. The largest absolute Gasteiger partial charge is 0.493 e. The number of nitrogens with one attached hydrogen (secondary N) is 2. The van der Waals surface area contributed by atoms with E-state index in [4.69, 9.17) is 56.5 Å². The molecule has 0 spiro atoms. The van der Waals surface area contributed by atoms with Crippen LogP contribution < -0.4 is 14.9 Å². The minimum atomic E-state index is 0.162. The van der Waals surface area contributed by atoms with E-state index in [0.717, 1.165) is 11.4 Å². The summed E-state index contributed by atoms with van der Waals surface area (Å²) < 4.78 is 13.5. The lowest BCUT2D eigenvalue weighted by molar-refractivity contribution is 0.284. The number of methoxy groups -OCH3 is 1. The van der Waals surface area contributed by atoms with Gasteiger partial charge in [0.1, 0.15) is 12.4 Å². The van der Waals surface area contributed by atoms with Crippen LogP contribution in [0.5, 0.6) is 11.5 Å². The maximum Gasteiger partial charge on any atom is 0.214 e. The molecule has 0 aliphatic rings. The molecule has 0 atom stereocenters. The first kappa shape index (κ1) is 20.8. The summed E-state index contributed by atoms with van der Waals surface area (Å²) in [4.78, 5) is 0. The van der Waals surface area contributed by atoms with Gasteiger partial charge in [0.15, 0.2) is 11.5 Å². The lowest BCUT2D eigenvalue weighted by Crippen LogP contribution is -2.16. The van der Waals surface area contributed by atoms with Crippen molar-refractivity contribution in [2.75, 3.05) is 12.5 Å². The van der Waals surface area contributed by atoms with Crippen molar-refractivity contribution in [1.82, 2.24) is 14.9 Å². The molecule has 0 aliphatic carbocycles. The Kier molecular flexibility index (Phi) is 6.72. The predicted molar refractivity (Wildman–Crippen MR) is 114 cm³/mol. The van der Waals surface area contributed by atoms with Gasteiger partial charge in [0.25, 0.3) is 0 Å². The minimum absolute atomic E-state index is 0.162. The summed E-state index contributed by atoms with van der Waals surface area (Å²) in [6, 6.07) is 8.91. The lowest BCUT2D eigenvalue weighted by atomic mass is 10.2. The van der Waals surface area contributed by atoms with Crippen molar-refractivity contribution in [3.63, 3.8) is 0 Å². The number of aromatic nitrogens is 3. The molecule has 2 N–H and O–H groups in total. The number of aryl methyl sites for hydroxylation is 1. The van der Waals surface area contributed by atoms with Crippen LogP contribution in [0.2, 0.25) is 15.1 Å². The maximum absolute atomic E-state index is 6.44. The fourth-order valence-electron chi connectivity index (χ4n) is 2.56. The zero-order valence-electron chi connectivity index (χ0n) is 15.1. The third-order valence-electron chi connectivity index (χ3n) is 3.99. The van der Waals surface area contributed by atoms with Crippen LogP contribution in [0.1, 0.15) is 17.0 Å². The normalized spacial score (nSPS) is 10.8. The highest BCUT2D eigenvalue weighted by atomic mass is 35.5. The number of rotatable bonds is 7. The Morgan fingerprint density at radius 1 is 1.18 bits per heavy atom. The number of H-pyrrole nitrogens is 1. The number of aromatic amines is 1. The van der Waals surface area contributed by atoms with Gasteiger partial charge >= 0.3 is 0 Å². The fraction of sp³-hybridized carbons (Fsp3) is 0.222. The van der Waals surface area contributed by atoms with Crippen molar-refractivity contribution in [2.45, 2.75) is 20.1 Å². The number of nitrogens with zero attached hydrogens (tertiary/aromatic N) is 2. The second-order valence-electron chi connectivity index (χ2n) is 5.84. The highest BCUT2D eigenvalue weighted by Crippen LogP contribution is 2.38. The van der Waals surface area contributed by atoms with E-state index in [-0.39, 0.29) is 6.61 Å². The van der Waals surface area contributed by atoms with Crippen molar-refractivity contribution >= 4 is 47.0 Å².